The van der Waals surface area contributed by atoms with Gasteiger partial charge in [-0.05, 0) is 0 Å². The van der Waals surface area contributed by atoms with Crippen LogP contribution in [0.3, 0.4) is 0 Å². The van der Waals surface area contributed by atoms with Gasteiger partial charge in [-0.15, -0.1) is 12.1 Å². The van der Waals surface area contributed by atoms with Crippen LogP contribution < -0.4 is 0 Å². The van der Waals surface area contributed by atoms with Crippen molar-refractivity contribution in [3.05, 3.63) is 47.8 Å². The maximum absolute atomic E-state index is 4.11. The van der Waals surface area contributed by atoms with Crippen LogP contribution in [0, 0.1) is 19.9 Å². The Hall–Kier alpha value is -0.617. The van der Waals surface area contributed by atoms with E-state index in [0.717, 1.165) is 17.8 Å². The normalized spacial score (nSPS) is 12.7. The molecule has 0 atom stereocenters. The van der Waals surface area contributed by atoms with Gasteiger partial charge in [0, 0.05) is 0 Å². The first-order valence-corrected chi connectivity index (χ1v) is 4.58. The van der Waals surface area contributed by atoms with E-state index in [2.05, 4.69) is 17.1 Å². The van der Waals surface area contributed by atoms with Crippen molar-refractivity contribution >= 4 is 0 Å². The third-order valence-corrected chi connectivity index (χ3v) is 1.72. The van der Waals surface area contributed by atoms with Crippen LogP contribution in [0.4, 0.5) is 0 Å². The number of hydrogen-bond donors (Lipinski definition) is 0. The van der Waals surface area contributed by atoms with Crippen molar-refractivity contribution in [2.45, 2.75) is 26.7 Å². The van der Waals surface area contributed by atoms with E-state index >= 15 is 0 Å². The topological polar surface area (TPSA) is 12.9 Å². The van der Waals surface area contributed by atoms with Crippen LogP contribution >= 0.6 is 0 Å². The molecule has 0 radical (unpaired) electrons. The van der Waals surface area contributed by atoms with Crippen LogP contribution in [-0.4, -0.2) is 4.98 Å². The zero-order valence-electron chi connectivity index (χ0n) is 8.60. The minimum Gasteiger partial charge on any atom is -0.397 e. The smallest absolute Gasteiger partial charge is 0.397 e. The van der Waals surface area contributed by atoms with E-state index in [-0.39, 0.29) is 19.5 Å². The van der Waals surface area contributed by atoms with Gasteiger partial charge in [0.1, 0.15) is 0 Å². The van der Waals surface area contributed by atoms with Crippen molar-refractivity contribution < 1.29 is 19.5 Å². The first-order chi connectivity index (χ1) is 6.29. The average Bonchev–Trinajstić information content (AvgIpc) is 2.54. The summed E-state index contributed by atoms with van der Waals surface area (Å²) in [5, 5.41) is 0. The van der Waals surface area contributed by atoms with Crippen molar-refractivity contribution in [1.29, 1.82) is 0 Å². The molecule has 0 aliphatic heterocycles. The molecule has 1 aliphatic rings. The van der Waals surface area contributed by atoms with Gasteiger partial charge >= 0.3 is 19.5 Å². The fourth-order valence-corrected chi connectivity index (χ4v) is 1.08. The Morgan fingerprint density at radius 3 is 2.43 bits per heavy atom. The number of aryl methyl sites for hydroxylation is 2. The number of nitrogens with zero attached hydrogens (tertiary/aromatic N) is 1. The van der Waals surface area contributed by atoms with Crippen molar-refractivity contribution in [1.82, 2.24) is 4.98 Å². The predicted octanol–water partition coefficient (Wildman–Crippen LogP) is 3.11. The Labute approximate surface area is 99.1 Å². The van der Waals surface area contributed by atoms with Gasteiger partial charge in [-0.25, -0.2) is 12.2 Å². The van der Waals surface area contributed by atoms with Crippen molar-refractivity contribution in [3.8, 4) is 0 Å². The molecule has 0 N–H and O–H groups in total. The molecule has 1 heterocycles. The van der Waals surface area contributed by atoms with E-state index in [4.69, 9.17) is 0 Å². The molecule has 1 nitrogen and oxygen atoms in total. The van der Waals surface area contributed by atoms with E-state index in [1.165, 1.54) is 6.42 Å². The van der Waals surface area contributed by atoms with Gasteiger partial charge < -0.3 is 4.98 Å². The SMILES string of the molecule is Cc1cc[c-](C)n1.[C-]1=CC=CCC1.[Ru+2]. The Morgan fingerprint density at radius 1 is 1.50 bits per heavy atom. The van der Waals surface area contributed by atoms with Gasteiger partial charge in [-0.1, -0.05) is 26.0 Å². The molecule has 1 aliphatic carbocycles. The molecule has 0 saturated carbocycles. The molecule has 1 aromatic rings. The summed E-state index contributed by atoms with van der Waals surface area (Å²) in [6.45, 7) is 3.99. The van der Waals surface area contributed by atoms with Gasteiger partial charge in [0.25, 0.3) is 0 Å². The number of rotatable bonds is 0. The molecule has 0 aromatic carbocycles. The fourth-order valence-electron chi connectivity index (χ4n) is 1.08. The van der Waals surface area contributed by atoms with Crippen molar-refractivity contribution in [2.75, 3.05) is 0 Å². The van der Waals surface area contributed by atoms with Crippen LogP contribution in [0.1, 0.15) is 24.2 Å². The summed E-state index contributed by atoms with van der Waals surface area (Å²) in [6.07, 6.45) is 11.5. The van der Waals surface area contributed by atoms with Crippen LogP contribution in [-0.2, 0) is 19.5 Å². The van der Waals surface area contributed by atoms with Crippen molar-refractivity contribution in [2.24, 2.45) is 0 Å². The van der Waals surface area contributed by atoms with Crippen LogP contribution in [0.25, 0.3) is 0 Å². The second kappa shape index (κ2) is 7.76. The Kier molecular flexibility index (Phi) is 7.41. The van der Waals surface area contributed by atoms with E-state index in [0.29, 0.717) is 0 Å². The molecule has 0 saturated heterocycles. The second-order valence-corrected chi connectivity index (χ2v) is 3.07. The molecular formula is C12H15NRu. The van der Waals surface area contributed by atoms with E-state index in [1.807, 2.05) is 38.1 Å². The molecule has 1 aromatic heterocycles. The standard InChI is InChI=1S/C6H8N.C6H7.Ru/c1-5-3-4-6(2)7-5;1-2-4-6-5-3-1;/h3-4H,1-2H3;1-3H,4,6H2;/q2*-1;+2. The Balaban J connectivity index is 0.000000227. The number of aromatic nitrogens is 1. The second-order valence-electron chi connectivity index (χ2n) is 3.07. The minimum atomic E-state index is 0. The summed E-state index contributed by atoms with van der Waals surface area (Å²) < 4.78 is 0. The van der Waals surface area contributed by atoms with Gasteiger partial charge in [0.15, 0.2) is 0 Å². The zero-order valence-corrected chi connectivity index (χ0v) is 10.3. The summed E-state index contributed by atoms with van der Waals surface area (Å²) in [5.74, 6) is 0. The summed E-state index contributed by atoms with van der Waals surface area (Å²) >= 11 is 0. The van der Waals surface area contributed by atoms with Gasteiger partial charge in [-0.3, -0.25) is 6.08 Å². The van der Waals surface area contributed by atoms with E-state index in [9.17, 15) is 0 Å². The van der Waals surface area contributed by atoms with Gasteiger partial charge in [0.05, 0.1) is 0 Å². The average molecular weight is 274 g/mol. The number of hydrogen-bond acceptors (Lipinski definition) is 1. The third kappa shape index (κ3) is 5.93. The van der Waals surface area contributed by atoms with Gasteiger partial charge in [-0.2, -0.15) is 18.2 Å². The summed E-state index contributed by atoms with van der Waals surface area (Å²) in [6, 6.07) is 4.02. The molecule has 0 amide bonds. The minimum absolute atomic E-state index is 0. The molecule has 0 bridgehead atoms. The van der Waals surface area contributed by atoms with Crippen molar-refractivity contribution in [3.63, 3.8) is 0 Å². The largest absolute Gasteiger partial charge is 2.00 e. The maximum Gasteiger partial charge on any atom is 2.00 e. The van der Waals surface area contributed by atoms with Gasteiger partial charge in [0.2, 0.25) is 0 Å². The molecule has 2 heteroatoms. The fraction of sp³-hybridized carbons (Fsp3) is 0.333. The van der Waals surface area contributed by atoms with E-state index < -0.39 is 0 Å². The molecule has 2 rings (SSSR count). The molecule has 0 spiro atoms. The monoisotopic (exact) mass is 275 g/mol. The third-order valence-electron chi connectivity index (χ3n) is 1.72. The summed E-state index contributed by atoms with van der Waals surface area (Å²) in [5.41, 5.74) is 2.22. The van der Waals surface area contributed by atoms with Crippen LogP contribution in [0.15, 0.2) is 30.4 Å². The van der Waals surface area contributed by atoms with Crippen LogP contribution in [0.5, 0.6) is 0 Å². The number of allylic oxidation sites excluding steroid dienone is 4. The van der Waals surface area contributed by atoms with E-state index in [1.54, 1.807) is 0 Å². The molecule has 14 heavy (non-hydrogen) atoms. The summed E-state index contributed by atoms with van der Waals surface area (Å²) in [7, 11) is 0. The molecule has 0 unspecified atom stereocenters. The Bertz CT molecular complexity index is 269. The molecular weight excluding hydrogens is 259 g/mol. The van der Waals surface area contributed by atoms with Crippen LogP contribution in [0.2, 0.25) is 0 Å². The molecule has 0 fully saturated rings. The molecule has 76 valence electrons. The Morgan fingerprint density at radius 2 is 2.29 bits per heavy atom. The maximum atomic E-state index is 4.11. The predicted molar refractivity (Wildman–Crippen MR) is 55.5 cm³/mol. The quantitative estimate of drug-likeness (QED) is 0.523. The summed E-state index contributed by atoms with van der Waals surface area (Å²) in [4.78, 5) is 4.11. The zero-order chi connectivity index (χ0) is 9.52. The first kappa shape index (κ1) is 13.4. The first-order valence-electron chi connectivity index (χ1n) is 4.58.